The number of halogens is 2. The van der Waals surface area contributed by atoms with E-state index in [-0.39, 0.29) is 11.2 Å². The average Bonchev–Trinajstić information content (AvgIpc) is 2.18. The Hall–Kier alpha value is -1.13. The number of benzene rings is 1. The van der Waals surface area contributed by atoms with E-state index in [0.29, 0.717) is 11.0 Å². The normalized spacial score (nSPS) is 10.5. The molecule has 1 aromatic heterocycles. The molecule has 0 aliphatic rings. The van der Waals surface area contributed by atoms with Crippen molar-refractivity contribution in [2.75, 3.05) is 0 Å². The third-order valence-corrected chi connectivity index (χ3v) is 2.56. The van der Waals surface area contributed by atoms with Gasteiger partial charge in [0.05, 0.1) is 5.39 Å². The molecular formula is C10H4BrClO3. The molecular weight excluding hydrogens is 283 g/mol. The summed E-state index contributed by atoms with van der Waals surface area (Å²) in [6.45, 7) is 0. The molecule has 76 valence electrons. The van der Waals surface area contributed by atoms with Crippen LogP contribution in [0.2, 0.25) is 0 Å². The maximum Gasteiger partial charge on any atom is 0.287 e. The lowest BCUT2D eigenvalue weighted by molar-refractivity contribution is 0.105. The van der Waals surface area contributed by atoms with Gasteiger partial charge in [-0.3, -0.25) is 9.59 Å². The van der Waals surface area contributed by atoms with Crippen molar-refractivity contribution in [3.8, 4) is 0 Å². The number of hydrogen-bond acceptors (Lipinski definition) is 3. The molecule has 15 heavy (non-hydrogen) atoms. The predicted octanol–water partition coefficient (Wildman–Crippen LogP) is 2.93. The molecule has 3 nitrogen and oxygen atoms in total. The van der Waals surface area contributed by atoms with E-state index in [9.17, 15) is 9.59 Å². The Labute approximate surface area is 97.8 Å². The van der Waals surface area contributed by atoms with Gasteiger partial charge in [0.25, 0.3) is 5.24 Å². The first-order valence-corrected chi connectivity index (χ1v) is 5.18. The lowest BCUT2D eigenvalue weighted by Crippen LogP contribution is -2.03. The lowest BCUT2D eigenvalue weighted by atomic mass is 10.2. The zero-order valence-corrected chi connectivity index (χ0v) is 9.63. The lowest BCUT2D eigenvalue weighted by Gasteiger charge is -1.98. The van der Waals surface area contributed by atoms with Gasteiger partial charge in [-0.05, 0) is 29.8 Å². The van der Waals surface area contributed by atoms with E-state index in [0.717, 1.165) is 10.5 Å². The summed E-state index contributed by atoms with van der Waals surface area (Å²) < 4.78 is 5.93. The number of carbonyl (C=O) groups is 1. The van der Waals surface area contributed by atoms with Gasteiger partial charge in [-0.1, -0.05) is 15.9 Å². The van der Waals surface area contributed by atoms with Crippen molar-refractivity contribution in [3.63, 3.8) is 0 Å². The van der Waals surface area contributed by atoms with Gasteiger partial charge < -0.3 is 4.42 Å². The van der Waals surface area contributed by atoms with Crippen molar-refractivity contribution >= 4 is 43.7 Å². The summed E-state index contributed by atoms with van der Waals surface area (Å²) in [6.07, 6.45) is 0. The number of hydrogen-bond donors (Lipinski definition) is 0. The second-order valence-corrected chi connectivity index (χ2v) is 4.15. The van der Waals surface area contributed by atoms with Crippen LogP contribution in [0, 0.1) is 0 Å². The second-order valence-electron chi connectivity index (χ2n) is 2.89. The topological polar surface area (TPSA) is 47.3 Å². The molecule has 0 N–H and O–H groups in total. The van der Waals surface area contributed by atoms with Gasteiger partial charge in [-0.25, -0.2) is 0 Å². The number of rotatable bonds is 1. The van der Waals surface area contributed by atoms with E-state index < -0.39 is 5.24 Å². The van der Waals surface area contributed by atoms with Gasteiger partial charge in [0, 0.05) is 10.5 Å². The van der Waals surface area contributed by atoms with Crippen molar-refractivity contribution in [2.24, 2.45) is 0 Å². The highest BCUT2D eigenvalue weighted by Gasteiger charge is 2.09. The Morgan fingerprint density at radius 3 is 2.73 bits per heavy atom. The Morgan fingerprint density at radius 2 is 2.07 bits per heavy atom. The summed E-state index contributed by atoms with van der Waals surface area (Å²) in [5.41, 5.74) is 0.0521. The van der Waals surface area contributed by atoms with Crippen LogP contribution in [0.15, 0.2) is 37.9 Å². The van der Waals surface area contributed by atoms with Crippen molar-refractivity contribution < 1.29 is 9.21 Å². The van der Waals surface area contributed by atoms with Crippen LogP contribution in [-0.4, -0.2) is 5.24 Å². The summed E-state index contributed by atoms with van der Waals surface area (Å²) in [7, 11) is 0. The molecule has 0 aliphatic heterocycles. The van der Waals surface area contributed by atoms with Gasteiger partial charge in [-0.2, -0.15) is 0 Å². The van der Waals surface area contributed by atoms with E-state index in [1.165, 1.54) is 0 Å². The maximum atomic E-state index is 11.6. The summed E-state index contributed by atoms with van der Waals surface area (Å²) >= 11 is 8.47. The smallest absolute Gasteiger partial charge is 0.287 e. The van der Waals surface area contributed by atoms with Crippen LogP contribution in [0.4, 0.5) is 0 Å². The van der Waals surface area contributed by atoms with E-state index >= 15 is 0 Å². The molecule has 0 fully saturated rings. The molecule has 0 bridgehead atoms. The van der Waals surface area contributed by atoms with Crippen molar-refractivity contribution in [1.82, 2.24) is 0 Å². The minimum atomic E-state index is -0.781. The highest BCUT2D eigenvalue weighted by atomic mass is 79.9. The second kappa shape index (κ2) is 3.79. The quantitative estimate of drug-likeness (QED) is 0.758. The Bertz CT molecular complexity index is 603. The van der Waals surface area contributed by atoms with Crippen LogP contribution < -0.4 is 5.43 Å². The minimum Gasteiger partial charge on any atom is -0.451 e. The van der Waals surface area contributed by atoms with Gasteiger partial charge in [-0.15, -0.1) is 0 Å². The molecule has 1 aromatic carbocycles. The zero-order valence-electron chi connectivity index (χ0n) is 7.29. The zero-order chi connectivity index (χ0) is 11.0. The molecule has 0 radical (unpaired) electrons. The Kier molecular flexibility index (Phi) is 2.63. The van der Waals surface area contributed by atoms with E-state index in [1.54, 1.807) is 18.2 Å². The molecule has 2 aromatic rings. The molecule has 0 saturated heterocycles. The highest BCUT2D eigenvalue weighted by molar-refractivity contribution is 9.10. The summed E-state index contributed by atoms with van der Waals surface area (Å²) in [5, 5.41) is -0.372. The van der Waals surface area contributed by atoms with Gasteiger partial charge >= 0.3 is 0 Å². The predicted molar refractivity (Wildman–Crippen MR) is 60.4 cm³/mol. The molecule has 0 spiro atoms. The van der Waals surface area contributed by atoms with Gasteiger partial charge in [0.2, 0.25) is 0 Å². The van der Waals surface area contributed by atoms with E-state index in [1.807, 2.05) is 0 Å². The SMILES string of the molecule is O=C(Cl)c1cc(=O)c2cc(Br)ccc2o1. The first-order valence-electron chi connectivity index (χ1n) is 4.01. The first kappa shape index (κ1) is 10.4. The fourth-order valence-corrected chi connectivity index (χ4v) is 1.68. The summed E-state index contributed by atoms with van der Waals surface area (Å²) in [5.74, 6) is -0.142. The maximum absolute atomic E-state index is 11.6. The van der Waals surface area contributed by atoms with Crippen LogP contribution >= 0.6 is 27.5 Å². The van der Waals surface area contributed by atoms with Gasteiger partial charge in [0.1, 0.15) is 5.58 Å². The van der Waals surface area contributed by atoms with Crippen LogP contribution in [0.1, 0.15) is 10.6 Å². The summed E-state index contributed by atoms with van der Waals surface area (Å²) in [4.78, 5) is 22.4. The third kappa shape index (κ3) is 1.96. The molecule has 0 amide bonds. The largest absolute Gasteiger partial charge is 0.451 e. The van der Waals surface area contributed by atoms with E-state index in [2.05, 4.69) is 15.9 Å². The molecule has 0 unspecified atom stereocenters. The Morgan fingerprint density at radius 1 is 1.33 bits per heavy atom. The summed E-state index contributed by atoms with van der Waals surface area (Å²) in [6, 6.07) is 6.03. The Balaban J connectivity index is 2.84. The number of fused-ring (bicyclic) bond motifs is 1. The number of carbonyl (C=O) groups excluding carboxylic acids is 1. The van der Waals surface area contributed by atoms with Crippen LogP contribution in [0.3, 0.4) is 0 Å². The molecule has 2 rings (SSSR count). The standard InChI is InChI=1S/C10H4BrClO3/c11-5-1-2-8-6(3-5)7(13)4-9(15-8)10(12)14/h1-4H. The molecule has 1 heterocycles. The third-order valence-electron chi connectivity index (χ3n) is 1.88. The van der Waals surface area contributed by atoms with Crippen LogP contribution in [-0.2, 0) is 0 Å². The molecule has 5 heteroatoms. The van der Waals surface area contributed by atoms with E-state index in [4.69, 9.17) is 16.0 Å². The molecule has 0 saturated carbocycles. The van der Waals surface area contributed by atoms with Crippen molar-refractivity contribution in [1.29, 1.82) is 0 Å². The fourth-order valence-electron chi connectivity index (χ4n) is 1.23. The van der Waals surface area contributed by atoms with Gasteiger partial charge in [0.15, 0.2) is 11.2 Å². The highest BCUT2D eigenvalue weighted by Crippen LogP contribution is 2.18. The van der Waals surface area contributed by atoms with Crippen molar-refractivity contribution in [3.05, 3.63) is 44.7 Å². The van der Waals surface area contributed by atoms with Crippen LogP contribution in [0.5, 0.6) is 0 Å². The minimum absolute atomic E-state index is 0.142. The van der Waals surface area contributed by atoms with Crippen molar-refractivity contribution in [2.45, 2.75) is 0 Å². The van der Waals surface area contributed by atoms with Crippen LogP contribution in [0.25, 0.3) is 11.0 Å². The first-order chi connectivity index (χ1) is 7.08. The monoisotopic (exact) mass is 286 g/mol. The molecule has 0 aliphatic carbocycles. The molecule has 0 atom stereocenters. The fraction of sp³-hybridized carbons (Fsp3) is 0. The average molecular weight is 287 g/mol.